The number of ether oxygens (including phenoxy) is 3. The average molecular weight is 392 g/mol. The van der Waals surface area contributed by atoms with Crippen LogP contribution in [0.3, 0.4) is 0 Å². The maximum atomic E-state index is 12.0. The SMILES string of the molecule is CN1CC[C@]2(C(=O)O)CN(CC(O)COCc3ccc4c(c3)OCO4)C[C@@H]2C1. The number of aliphatic carboxylic acids is 1. The molecule has 0 radical (unpaired) electrons. The van der Waals surface area contributed by atoms with E-state index in [0.29, 0.717) is 38.4 Å². The summed E-state index contributed by atoms with van der Waals surface area (Å²) >= 11 is 0. The number of rotatable bonds is 7. The number of carboxylic acid groups (broad SMARTS) is 1. The summed E-state index contributed by atoms with van der Waals surface area (Å²) in [6, 6.07) is 5.65. The predicted molar refractivity (Wildman–Crippen MR) is 100 cm³/mol. The molecule has 4 rings (SSSR count). The molecular weight excluding hydrogens is 364 g/mol. The van der Waals surface area contributed by atoms with Gasteiger partial charge < -0.3 is 29.3 Å². The van der Waals surface area contributed by atoms with E-state index in [-0.39, 0.29) is 19.3 Å². The summed E-state index contributed by atoms with van der Waals surface area (Å²) in [7, 11) is 2.03. The van der Waals surface area contributed by atoms with Crippen LogP contribution in [0.4, 0.5) is 0 Å². The molecule has 28 heavy (non-hydrogen) atoms. The van der Waals surface area contributed by atoms with Crippen LogP contribution in [0.25, 0.3) is 0 Å². The lowest BCUT2D eigenvalue weighted by atomic mass is 9.73. The van der Waals surface area contributed by atoms with Gasteiger partial charge in [-0.2, -0.15) is 0 Å². The van der Waals surface area contributed by atoms with Gasteiger partial charge >= 0.3 is 5.97 Å². The molecule has 0 saturated carbocycles. The zero-order valence-electron chi connectivity index (χ0n) is 16.2. The molecule has 0 bridgehead atoms. The zero-order valence-corrected chi connectivity index (χ0v) is 16.2. The quantitative estimate of drug-likeness (QED) is 0.698. The highest BCUT2D eigenvalue weighted by Gasteiger charge is 2.54. The highest BCUT2D eigenvalue weighted by Crippen LogP contribution is 2.42. The molecular formula is C20H28N2O6. The van der Waals surface area contributed by atoms with Crippen LogP contribution in [0.2, 0.25) is 0 Å². The van der Waals surface area contributed by atoms with Crippen LogP contribution in [0.15, 0.2) is 18.2 Å². The number of carboxylic acids is 1. The van der Waals surface area contributed by atoms with Gasteiger partial charge in [-0.25, -0.2) is 0 Å². The van der Waals surface area contributed by atoms with E-state index in [1.54, 1.807) is 0 Å². The van der Waals surface area contributed by atoms with E-state index in [4.69, 9.17) is 14.2 Å². The van der Waals surface area contributed by atoms with Gasteiger partial charge in [-0.05, 0) is 37.7 Å². The molecule has 8 heteroatoms. The van der Waals surface area contributed by atoms with Gasteiger partial charge in [0.05, 0.1) is 24.7 Å². The largest absolute Gasteiger partial charge is 0.481 e. The van der Waals surface area contributed by atoms with E-state index < -0.39 is 17.5 Å². The van der Waals surface area contributed by atoms with E-state index in [1.807, 2.05) is 25.2 Å². The topological polar surface area (TPSA) is 91.7 Å². The molecule has 2 saturated heterocycles. The fourth-order valence-electron chi connectivity index (χ4n) is 4.64. The van der Waals surface area contributed by atoms with Gasteiger partial charge in [0.1, 0.15) is 0 Å². The molecule has 0 spiro atoms. The van der Waals surface area contributed by atoms with Crippen molar-refractivity contribution in [2.45, 2.75) is 19.1 Å². The monoisotopic (exact) mass is 392 g/mol. The second-order valence-corrected chi connectivity index (χ2v) is 8.22. The van der Waals surface area contributed by atoms with Crippen molar-refractivity contribution >= 4 is 5.97 Å². The summed E-state index contributed by atoms with van der Waals surface area (Å²) < 4.78 is 16.3. The van der Waals surface area contributed by atoms with Crippen LogP contribution in [0.1, 0.15) is 12.0 Å². The number of piperidine rings is 1. The molecule has 2 fully saturated rings. The Labute approximate surface area is 164 Å². The molecule has 3 atom stereocenters. The first-order valence-electron chi connectivity index (χ1n) is 9.75. The lowest BCUT2D eigenvalue weighted by molar-refractivity contribution is -0.153. The Hall–Kier alpha value is -1.87. The number of benzene rings is 1. The summed E-state index contributed by atoms with van der Waals surface area (Å²) in [4.78, 5) is 16.2. The molecule has 0 aliphatic carbocycles. The summed E-state index contributed by atoms with van der Waals surface area (Å²) in [5, 5.41) is 20.2. The van der Waals surface area contributed by atoms with E-state index in [0.717, 1.165) is 24.4 Å². The molecule has 3 heterocycles. The Bertz CT molecular complexity index is 729. The number of hydrogen-bond acceptors (Lipinski definition) is 7. The first-order valence-corrected chi connectivity index (χ1v) is 9.75. The smallest absolute Gasteiger partial charge is 0.311 e. The molecule has 1 aromatic rings. The highest BCUT2D eigenvalue weighted by atomic mass is 16.7. The predicted octanol–water partition coefficient (Wildman–Crippen LogP) is 0.631. The Morgan fingerprint density at radius 2 is 2.18 bits per heavy atom. The van der Waals surface area contributed by atoms with Crippen LogP contribution in [-0.2, 0) is 16.1 Å². The van der Waals surface area contributed by atoms with Crippen molar-refractivity contribution in [2.75, 3.05) is 53.2 Å². The minimum absolute atomic E-state index is 0.102. The average Bonchev–Trinajstić information content (AvgIpc) is 3.25. The number of nitrogens with zero attached hydrogens (tertiary/aromatic N) is 2. The fourth-order valence-corrected chi connectivity index (χ4v) is 4.64. The summed E-state index contributed by atoms with van der Waals surface area (Å²) in [6.45, 7) is 4.04. The highest BCUT2D eigenvalue weighted by molar-refractivity contribution is 5.76. The Morgan fingerprint density at radius 1 is 1.36 bits per heavy atom. The van der Waals surface area contributed by atoms with Crippen molar-refractivity contribution in [3.05, 3.63) is 23.8 Å². The Morgan fingerprint density at radius 3 is 3.00 bits per heavy atom. The Kier molecular flexibility index (Phi) is 5.46. The summed E-state index contributed by atoms with van der Waals surface area (Å²) in [5.41, 5.74) is 0.274. The molecule has 1 aromatic carbocycles. The standard InChI is InChI=1S/C20H28N2O6/c1-21-5-4-20(19(24)25)12-22(8-15(20)7-21)9-16(23)11-26-10-14-2-3-17-18(6-14)28-13-27-17/h2-3,6,15-16,23H,4-5,7-13H2,1H3,(H,24,25)/t15-,16?,20-/m0/s1. The van der Waals surface area contributed by atoms with E-state index in [9.17, 15) is 15.0 Å². The van der Waals surface area contributed by atoms with Crippen molar-refractivity contribution in [3.63, 3.8) is 0 Å². The number of fused-ring (bicyclic) bond motifs is 2. The number of aliphatic hydroxyl groups excluding tert-OH is 1. The number of β-amino-alcohol motifs (C(OH)–C–C–N with tert-alkyl or cyclic N) is 1. The minimum atomic E-state index is -0.707. The van der Waals surface area contributed by atoms with Crippen molar-refractivity contribution in [1.29, 1.82) is 0 Å². The Balaban J connectivity index is 1.26. The summed E-state index contributed by atoms with van der Waals surface area (Å²) in [6.07, 6.45) is 0.00853. The van der Waals surface area contributed by atoms with Gasteiger partial charge in [0.25, 0.3) is 0 Å². The van der Waals surface area contributed by atoms with Crippen molar-refractivity contribution in [3.8, 4) is 11.5 Å². The molecule has 8 nitrogen and oxygen atoms in total. The molecule has 154 valence electrons. The van der Waals surface area contributed by atoms with Crippen LogP contribution < -0.4 is 9.47 Å². The maximum Gasteiger partial charge on any atom is 0.311 e. The van der Waals surface area contributed by atoms with Gasteiger partial charge in [-0.3, -0.25) is 9.69 Å². The molecule has 3 aliphatic heterocycles. The second-order valence-electron chi connectivity index (χ2n) is 8.22. The van der Waals surface area contributed by atoms with Crippen LogP contribution in [0.5, 0.6) is 11.5 Å². The van der Waals surface area contributed by atoms with E-state index in [1.165, 1.54) is 0 Å². The van der Waals surface area contributed by atoms with Crippen molar-refractivity contribution in [1.82, 2.24) is 9.80 Å². The van der Waals surface area contributed by atoms with Gasteiger partial charge in [0.2, 0.25) is 6.79 Å². The van der Waals surface area contributed by atoms with Gasteiger partial charge in [-0.1, -0.05) is 6.07 Å². The van der Waals surface area contributed by atoms with E-state index in [2.05, 4.69) is 9.80 Å². The van der Waals surface area contributed by atoms with Gasteiger partial charge in [0.15, 0.2) is 11.5 Å². The third-order valence-electron chi connectivity index (χ3n) is 6.15. The summed E-state index contributed by atoms with van der Waals surface area (Å²) in [5.74, 6) is 0.842. The normalized spacial score (nSPS) is 28.3. The van der Waals surface area contributed by atoms with Crippen LogP contribution >= 0.6 is 0 Å². The van der Waals surface area contributed by atoms with Gasteiger partial charge in [-0.15, -0.1) is 0 Å². The molecule has 2 N–H and O–H groups in total. The first kappa shape index (κ1) is 19.4. The lowest BCUT2D eigenvalue weighted by Crippen LogP contribution is -2.49. The van der Waals surface area contributed by atoms with Crippen LogP contribution in [-0.4, -0.2) is 85.3 Å². The third-order valence-corrected chi connectivity index (χ3v) is 6.15. The van der Waals surface area contributed by atoms with E-state index >= 15 is 0 Å². The number of carbonyl (C=O) groups is 1. The van der Waals surface area contributed by atoms with Crippen LogP contribution in [0, 0.1) is 11.3 Å². The molecule has 0 amide bonds. The fraction of sp³-hybridized carbons (Fsp3) is 0.650. The number of likely N-dealkylation sites (tertiary alicyclic amines) is 2. The maximum absolute atomic E-state index is 12.0. The minimum Gasteiger partial charge on any atom is -0.481 e. The molecule has 0 aromatic heterocycles. The van der Waals surface area contributed by atoms with Crippen molar-refractivity contribution < 1.29 is 29.2 Å². The van der Waals surface area contributed by atoms with Gasteiger partial charge in [0, 0.05) is 32.1 Å². The first-order chi connectivity index (χ1) is 13.5. The number of aliphatic hydroxyl groups is 1. The second kappa shape index (κ2) is 7.87. The third kappa shape index (κ3) is 3.82. The van der Waals surface area contributed by atoms with Crippen molar-refractivity contribution in [2.24, 2.45) is 11.3 Å². The molecule has 1 unspecified atom stereocenters. The molecule has 3 aliphatic rings. The zero-order chi connectivity index (χ0) is 19.7. The lowest BCUT2D eigenvalue weighted by Gasteiger charge is -2.39. The number of hydrogen-bond donors (Lipinski definition) is 2.